The van der Waals surface area contributed by atoms with Crippen LogP contribution < -0.4 is 4.72 Å². The summed E-state index contributed by atoms with van der Waals surface area (Å²) in [6.45, 7) is 5.08. The Kier molecular flexibility index (Phi) is 5.36. The van der Waals surface area contributed by atoms with Gasteiger partial charge in [-0.2, -0.15) is 4.72 Å². The van der Waals surface area contributed by atoms with E-state index < -0.39 is 16.1 Å². The zero-order valence-electron chi connectivity index (χ0n) is 12.5. The molecule has 0 aromatic heterocycles. The van der Waals surface area contributed by atoms with E-state index >= 15 is 0 Å². The summed E-state index contributed by atoms with van der Waals surface area (Å²) in [6.07, 6.45) is 0. The van der Waals surface area contributed by atoms with Crippen molar-refractivity contribution in [1.82, 2.24) is 4.72 Å². The minimum Gasteiger partial charge on any atom is -0.295 e. The molecule has 0 spiro atoms. The zero-order valence-corrected chi connectivity index (χ0v) is 14.1. The lowest BCUT2D eigenvalue weighted by Crippen LogP contribution is -2.31. The number of hydrogen-bond acceptors (Lipinski definition) is 3. The van der Waals surface area contributed by atoms with Crippen LogP contribution in [0.25, 0.3) is 0 Å². The smallest absolute Gasteiger partial charge is 0.241 e. The number of nitrogens with one attached hydrogen (secondary N) is 1. The summed E-state index contributed by atoms with van der Waals surface area (Å²) in [5, 5.41) is 0.441. The van der Waals surface area contributed by atoms with E-state index in [0.717, 1.165) is 0 Å². The highest BCUT2D eigenvalue weighted by Crippen LogP contribution is 2.24. The van der Waals surface area contributed by atoms with Gasteiger partial charge in [0.25, 0.3) is 0 Å². The highest BCUT2D eigenvalue weighted by molar-refractivity contribution is 7.89. The minimum atomic E-state index is -3.82. The Hall–Kier alpha value is -1.95. The summed E-state index contributed by atoms with van der Waals surface area (Å²) in [5.41, 5.74) is 0.818. The second kappa shape index (κ2) is 7.08. The van der Waals surface area contributed by atoms with Crippen LogP contribution in [0.2, 0.25) is 5.02 Å². The van der Waals surface area contributed by atoms with E-state index in [9.17, 15) is 13.2 Å². The standard InChI is InChI=1S/C17H16ClNO3S/c1-12(13(2)20)17(14-6-4-3-5-7-14)19-23(21,22)16-10-8-15(18)9-11-16/h3-11,17,19H,1H2,2H3/t17-/m1/s1. The fraction of sp³-hybridized carbons (Fsp3) is 0.118. The number of carbonyl (C=O) groups is 1. The molecule has 23 heavy (non-hydrogen) atoms. The van der Waals surface area contributed by atoms with Crippen molar-refractivity contribution in [3.05, 3.63) is 77.3 Å². The predicted octanol–water partition coefficient (Wildman–Crippen LogP) is 3.50. The molecule has 0 bridgehead atoms. The molecule has 0 aliphatic rings. The van der Waals surface area contributed by atoms with Gasteiger partial charge in [0.05, 0.1) is 10.9 Å². The van der Waals surface area contributed by atoms with Crippen molar-refractivity contribution in [2.24, 2.45) is 0 Å². The molecule has 0 aliphatic heterocycles. The Morgan fingerprint density at radius 2 is 1.65 bits per heavy atom. The zero-order chi connectivity index (χ0) is 17.0. The number of carbonyl (C=O) groups excluding carboxylic acids is 1. The van der Waals surface area contributed by atoms with Crippen LogP contribution in [0.1, 0.15) is 18.5 Å². The topological polar surface area (TPSA) is 63.2 Å². The molecule has 1 atom stereocenters. The van der Waals surface area contributed by atoms with Gasteiger partial charge < -0.3 is 0 Å². The third-order valence-electron chi connectivity index (χ3n) is 3.33. The molecule has 0 saturated heterocycles. The van der Waals surface area contributed by atoms with Gasteiger partial charge in [-0.05, 0) is 36.8 Å². The molecule has 120 valence electrons. The Morgan fingerprint density at radius 3 is 2.17 bits per heavy atom. The maximum atomic E-state index is 12.5. The van der Waals surface area contributed by atoms with E-state index in [0.29, 0.717) is 10.6 Å². The average molecular weight is 350 g/mol. The lowest BCUT2D eigenvalue weighted by atomic mass is 9.98. The van der Waals surface area contributed by atoms with Crippen LogP contribution >= 0.6 is 11.6 Å². The quantitative estimate of drug-likeness (QED) is 0.812. The summed E-state index contributed by atoms with van der Waals surface area (Å²) in [6, 6.07) is 13.8. The van der Waals surface area contributed by atoms with Crippen molar-refractivity contribution < 1.29 is 13.2 Å². The number of sulfonamides is 1. The van der Waals surface area contributed by atoms with E-state index in [1.54, 1.807) is 24.3 Å². The Bertz CT molecular complexity index is 815. The Labute approximate surface area is 140 Å². The maximum Gasteiger partial charge on any atom is 0.241 e. The lowest BCUT2D eigenvalue weighted by molar-refractivity contribution is -0.113. The first-order chi connectivity index (χ1) is 10.8. The number of benzene rings is 2. The fourth-order valence-electron chi connectivity index (χ4n) is 2.03. The summed E-state index contributed by atoms with van der Waals surface area (Å²) >= 11 is 5.78. The molecule has 0 saturated carbocycles. The molecular formula is C17H16ClNO3S. The molecule has 0 fully saturated rings. The molecule has 2 aromatic rings. The summed E-state index contributed by atoms with van der Waals surface area (Å²) in [7, 11) is -3.82. The van der Waals surface area contributed by atoms with E-state index in [1.165, 1.54) is 31.2 Å². The van der Waals surface area contributed by atoms with Gasteiger partial charge in [0.2, 0.25) is 10.0 Å². The molecule has 1 N–H and O–H groups in total. The summed E-state index contributed by atoms with van der Waals surface area (Å²) < 4.78 is 27.6. The first kappa shape index (κ1) is 17.4. The van der Waals surface area contributed by atoms with Crippen LogP contribution in [0.3, 0.4) is 0 Å². The Balaban J connectivity index is 2.39. The van der Waals surface area contributed by atoms with Crippen LogP contribution in [0.5, 0.6) is 0 Å². The number of Topliss-reactive ketones (excluding diaryl/α,β-unsaturated/α-hetero) is 1. The normalized spacial score (nSPS) is 12.6. The largest absolute Gasteiger partial charge is 0.295 e. The number of hydrogen-bond donors (Lipinski definition) is 1. The minimum absolute atomic E-state index is 0.0687. The Morgan fingerprint density at radius 1 is 1.09 bits per heavy atom. The summed E-state index contributed by atoms with van der Waals surface area (Å²) in [4.78, 5) is 11.7. The van der Waals surface area contributed by atoms with Gasteiger partial charge >= 0.3 is 0 Å². The first-order valence-electron chi connectivity index (χ1n) is 6.84. The van der Waals surface area contributed by atoms with Crippen LogP contribution in [0.15, 0.2) is 71.6 Å². The predicted molar refractivity (Wildman–Crippen MR) is 90.8 cm³/mol. The van der Waals surface area contributed by atoms with Crippen molar-refractivity contribution >= 4 is 27.4 Å². The molecule has 2 rings (SSSR count). The monoisotopic (exact) mass is 349 g/mol. The van der Waals surface area contributed by atoms with Crippen LogP contribution in [-0.2, 0) is 14.8 Å². The van der Waals surface area contributed by atoms with E-state index in [4.69, 9.17) is 11.6 Å². The third-order valence-corrected chi connectivity index (χ3v) is 5.02. The molecule has 0 amide bonds. The molecule has 6 heteroatoms. The van der Waals surface area contributed by atoms with Crippen molar-refractivity contribution in [3.8, 4) is 0 Å². The van der Waals surface area contributed by atoms with Crippen molar-refractivity contribution in [2.45, 2.75) is 17.9 Å². The van der Waals surface area contributed by atoms with Gasteiger partial charge in [0.15, 0.2) is 5.78 Å². The highest BCUT2D eigenvalue weighted by atomic mass is 35.5. The lowest BCUT2D eigenvalue weighted by Gasteiger charge is -2.20. The second-order valence-corrected chi connectivity index (χ2v) is 7.15. The van der Waals surface area contributed by atoms with E-state index in [-0.39, 0.29) is 16.3 Å². The van der Waals surface area contributed by atoms with Gasteiger partial charge in [-0.3, -0.25) is 4.79 Å². The maximum absolute atomic E-state index is 12.5. The number of halogens is 1. The average Bonchev–Trinajstić information content (AvgIpc) is 2.53. The van der Waals surface area contributed by atoms with Gasteiger partial charge in [0, 0.05) is 10.6 Å². The fourth-order valence-corrected chi connectivity index (χ4v) is 3.37. The van der Waals surface area contributed by atoms with Crippen LogP contribution in [0.4, 0.5) is 0 Å². The molecule has 0 aliphatic carbocycles. The van der Waals surface area contributed by atoms with E-state index in [1.807, 2.05) is 6.07 Å². The van der Waals surface area contributed by atoms with Gasteiger partial charge in [-0.1, -0.05) is 48.5 Å². The van der Waals surface area contributed by atoms with Crippen molar-refractivity contribution in [3.63, 3.8) is 0 Å². The molecule has 0 unspecified atom stereocenters. The number of rotatable bonds is 6. The van der Waals surface area contributed by atoms with E-state index in [2.05, 4.69) is 11.3 Å². The highest BCUT2D eigenvalue weighted by Gasteiger charge is 2.25. The van der Waals surface area contributed by atoms with Crippen molar-refractivity contribution in [1.29, 1.82) is 0 Å². The summed E-state index contributed by atoms with van der Waals surface area (Å²) in [5.74, 6) is -0.280. The molecule has 0 radical (unpaired) electrons. The molecule has 2 aromatic carbocycles. The molecular weight excluding hydrogens is 334 g/mol. The van der Waals surface area contributed by atoms with Crippen molar-refractivity contribution in [2.75, 3.05) is 0 Å². The van der Waals surface area contributed by atoms with Gasteiger partial charge in [-0.25, -0.2) is 8.42 Å². The SMILES string of the molecule is C=C(C(C)=O)[C@@H](NS(=O)(=O)c1ccc(Cl)cc1)c1ccccc1. The molecule has 0 heterocycles. The molecule has 4 nitrogen and oxygen atoms in total. The first-order valence-corrected chi connectivity index (χ1v) is 8.70. The number of ketones is 1. The van der Waals surface area contributed by atoms with Crippen LogP contribution in [-0.4, -0.2) is 14.2 Å². The second-order valence-electron chi connectivity index (χ2n) is 5.00. The van der Waals surface area contributed by atoms with Gasteiger partial charge in [-0.15, -0.1) is 0 Å². The third kappa shape index (κ3) is 4.28. The van der Waals surface area contributed by atoms with Crippen LogP contribution in [0, 0.1) is 0 Å². The van der Waals surface area contributed by atoms with Gasteiger partial charge in [0.1, 0.15) is 0 Å².